The van der Waals surface area contributed by atoms with E-state index < -0.39 is 0 Å². The maximum absolute atomic E-state index is 13.5. The van der Waals surface area contributed by atoms with Crippen molar-refractivity contribution in [1.82, 2.24) is 19.5 Å². The Morgan fingerprint density at radius 1 is 1.15 bits per heavy atom. The van der Waals surface area contributed by atoms with E-state index in [2.05, 4.69) is 24.1 Å². The van der Waals surface area contributed by atoms with Crippen LogP contribution in [0.25, 0.3) is 5.65 Å². The molecule has 2 atom stereocenters. The second-order valence-electron chi connectivity index (χ2n) is 9.30. The van der Waals surface area contributed by atoms with Gasteiger partial charge in [0.05, 0.1) is 23.7 Å². The van der Waals surface area contributed by atoms with Crippen LogP contribution in [-0.4, -0.2) is 45.0 Å². The standard InChI is InChI=1S/C26H30N6O/c1-18(16-27)20-8-7-9-21(14-20)26(33)31-13-4-3-10-23(31)22-15-24-28-25(30-11-5-6-12-30)19(2)17-32(24)29-22/h7-9,14-15,17-18,23H,3-6,10-13H2,1-2H3. The number of nitrogens with zero attached hydrogens (tertiary/aromatic N) is 6. The van der Waals surface area contributed by atoms with Gasteiger partial charge >= 0.3 is 0 Å². The topological polar surface area (TPSA) is 77.5 Å². The molecule has 170 valence electrons. The zero-order valence-corrected chi connectivity index (χ0v) is 19.4. The molecule has 1 amide bonds. The number of anilines is 1. The molecule has 7 heteroatoms. The van der Waals surface area contributed by atoms with Gasteiger partial charge in [-0.25, -0.2) is 9.50 Å². The lowest BCUT2D eigenvalue weighted by Gasteiger charge is -2.35. The summed E-state index contributed by atoms with van der Waals surface area (Å²) in [6.07, 6.45) is 7.43. The summed E-state index contributed by atoms with van der Waals surface area (Å²) < 4.78 is 1.86. The van der Waals surface area contributed by atoms with Gasteiger partial charge in [-0.05, 0) is 63.6 Å². The van der Waals surface area contributed by atoms with Gasteiger partial charge in [-0.2, -0.15) is 10.4 Å². The number of aryl methyl sites for hydroxylation is 1. The fraction of sp³-hybridized carbons (Fsp3) is 0.462. The maximum atomic E-state index is 13.5. The van der Waals surface area contributed by atoms with E-state index in [-0.39, 0.29) is 17.9 Å². The van der Waals surface area contributed by atoms with Crippen LogP contribution in [0.5, 0.6) is 0 Å². The van der Waals surface area contributed by atoms with Crippen molar-refractivity contribution < 1.29 is 4.79 Å². The van der Waals surface area contributed by atoms with Gasteiger partial charge in [0.25, 0.3) is 5.91 Å². The van der Waals surface area contributed by atoms with Crippen molar-refractivity contribution in [3.05, 3.63) is 58.9 Å². The zero-order valence-electron chi connectivity index (χ0n) is 19.4. The van der Waals surface area contributed by atoms with Crippen molar-refractivity contribution in [2.45, 2.75) is 57.9 Å². The Labute approximate surface area is 194 Å². The normalized spacial score (nSPS) is 19.6. The number of hydrogen-bond acceptors (Lipinski definition) is 5. The van der Waals surface area contributed by atoms with E-state index in [1.165, 1.54) is 12.8 Å². The third kappa shape index (κ3) is 4.06. The summed E-state index contributed by atoms with van der Waals surface area (Å²) in [4.78, 5) is 22.8. The quantitative estimate of drug-likeness (QED) is 0.589. The summed E-state index contributed by atoms with van der Waals surface area (Å²) in [5.41, 5.74) is 4.36. The van der Waals surface area contributed by atoms with E-state index in [1.807, 2.05) is 46.7 Å². The lowest BCUT2D eigenvalue weighted by Crippen LogP contribution is -2.38. The van der Waals surface area contributed by atoms with Gasteiger partial charge in [-0.1, -0.05) is 12.1 Å². The van der Waals surface area contributed by atoms with Gasteiger partial charge in [-0.3, -0.25) is 4.79 Å². The molecule has 0 spiro atoms. The molecule has 2 unspecified atom stereocenters. The van der Waals surface area contributed by atoms with Crippen LogP contribution >= 0.6 is 0 Å². The number of aromatic nitrogens is 3. The van der Waals surface area contributed by atoms with Crippen LogP contribution in [0.15, 0.2) is 36.5 Å². The average Bonchev–Trinajstić information content (AvgIpc) is 3.52. The van der Waals surface area contributed by atoms with Crippen LogP contribution in [0, 0.1) is 18.3 Å². The molecule has 4 heterocycles. The largest absolute Gasteiger partial charge is 0.356 e. The van der Waals surface area contributed by atoms with Crippen LogP contribution < -0.4 is 4.90 Å². The van der Waals surface area contributed by atoms with E-state index in [1.54, 1.807) is 0 Å². The minimum absolute atomic E-state index is 0.00522. The number of likely N-dealkylation sites (tertiary alicyclic amines) is 1. The number of rotatable bonds is 4. The van der Waals surface area contributed by atoms with Crippen molar-refractivity contribution in [2.75, 3.05) is 24.5 Å². The number of carbonyl (C=O) groups is 1. The van der Waals surface area contributed by atoms with Crippen molar-refractivity contribution in [1.29, 1.82) is 5.26 Å². The van der Waals surface area contributed by atoms with Crippen molar-refractivity contribution in [2.24, 2.45) is 0 Å². The molecule has 0 bridgehead atoms. The van der Waals surface area contributed by atoms with Crippen LogP contribution in [0.1, 0.15) is 78.2 Å². The monoisotopic (exact) mass is 442 g/mol. The van der Waals surface area contributed by atoms with Gasteiger partial charge in [0.2, 0.25) is 0 Å². The van der Waals surface area contributed by atoms with E-state index in [0.717, 1.165) is 60.6 Å². The van der Waals surface area contributed by atoms with E-state index >= 15 is 0 Å². The highest BCUT2D eigenvalue weighted by Crippen LogP contribution is 2.33. The highest BCUT2D eigenvalue weighted by Gasteiger charge is 2.31. The average molecular weight is 443 g/mol. The Balaban J connectivity index is 1.46. The first-order valence-corrected chi connectivity index (χ1v) is 12.0. The predicted molar refractivity (Wildman–Crippen MR) is 127 cm³/mol. The predicted octanol–water partition coefficient (Wildman–Crippen LogP) is 4.63. The third-order valence-electron chi connectivity index (χ3n) is 6.96. The van der Waals surface area contributed by atoms with Gasteiger partial charge < -0.3 is 9.80 Å². The zero-order chi connectivity index (χ0) is 22.9. The summed E-state index contributed by atoms with van der Waals surface area (Å²) in [6.45, 7) is 6.77. The number of hydrogen-bond donors (Lipinski definition) is 0. The molecule has 33 heavy (non-hydrogen) atoms. The SMILES string of the molecule is Cc1cn2nc(C3CCCCN3C(=O)c3cccc(C(C)C#N)c3)cc2nc1N1CCCC1. The molecule has 7 nitrogen and oxygen atoms in total. The molecule has 2 aromatic heterocycles. The number of nitriles is 1. The fourth-order valence-electron chi connectivity index (χ4n) is 5.09. The number of carbonyl (C=O) groups excluding carboxylic acids is 1. The van der Waals surface area contributed by atoms with Crippen LogP contribution in [0.2, 0.25) is 0 Å². The summed E-state index contributed by atoms with van der Waals surface area (Å²) >= 11 is 0. The summed E-state index contributed by atoms with van der Waals surface area (Å²) in [5.74, 6) is 0.810. The second kappa shape index (κ2) is 8.86. The summed E-state index contributed by atoms with van der Waals surface area (Å²) in [7, 11) is 0. The van der Waals surface area contributed by atoms with Crippen LogP contribution in [0.3, 0.4) is 0 Å². The molecule has 2 aliphatic heterocycles. The lowest BCUT2D eigenvalue weighted by molar-refractivity contribution is 0.0605. The smallest absolute Gasteiger partial charge is 0.254 e. The van der Waals surface area contributed by atoms with E-state index in [0.29, 0.717) is 12.1 Å². The van der Waals surface area contributed by atoms with Gasteiger partial charge in [-0.15, -0.1) is 0 Å². The lowest BCUT2D eigenvalue weighted by atomic mass is 9.96. The van der Waals surface area contributed by atoms with Crippen molar-refractivity contribution in [3.63, 3.8) is 0 Å². The molecule has 0 radical (unpaired) electrons. The highest BCUT2D eigenvalue weighted by atomic mass is 16.2. The molecule has 2 saturated heterocycles. The number of fused-ring (bicyclic) bond motifs is 1. The summed E-state index contributed by atoms with van der Waals surface area (Å²) in [6, 6.07) is 11.7. The number of benzene rings is 1. The van der Waals surface area contributed by atoms with Crippen molar-refractivity contribution >= 4 is 17.4 Å². The first kappa shape index (κ1) is 21.4. The van der Waals surface area contributed by atoms with Gasteiger partial charge in [0.15, 0.2) is 5.65 Å². The highest BCUT2D eigenvalue weighted by molar-refractivity contribution is 5.94. The molecule has 3 aromatic rings. The fourth-order valence-corrected chi connectivity index (χ4v) is 5.09. The molecule has 2 aliphatic rings. The maximum Gasteiger partial charge on any atom is 0.254 e. The molecular formula is C26H30N6O. The van der Waals surface area contributed by atoms with Crippen molar-refractivity contribution in [3.8, 4) is 6.07 Å². The van der Waals surface area contributed by atoms with Gasteiger partial charge in [0.1, 0.15) is 5.82 Å². The third-order valence-corrected chi connectivity index (χ3v) is 6.96. The molecular weight excluding hydrogens is 412 g/mol. The number of piperidine rings is 1. The Kier molecular flexibility index (Phi) is 5.76. The molecule has 0 aliphatic carbocycles. The number of amides is 1. The Morgan fingerprint density at radius 3 is 2.73 bits per heavy atom. The molecule has 2 fully saturated rings. The first-order valence-electron chi connectivity index (χ1n) is 12.0. The molecule has 5 rings (SSSR count). The Morgan fingerprint density at radius 2 is 1.94 bits per heavy atom. The summed E-state index contributed by atoms with van der Waals surface area (Å²) in [5, 5.41) is 14.1. The Bertz CT molecular complexity index is 1220. The molecule has 0 saturated carbocycles. The van der Waals surface area contributed by atoms with Crippen LogP contribution in [0.4, 0.5) is 5.82 Å². The first-order chi connectivity index (χ1) is 16.0. The molecule has 0 N–H and O–H groups in total. The minimum atomic E-state index is -0.243. The minimum Gasteiger partial charge on any atom is -0.356 e. The molecule has 1 aromatic carbocycles. The van der Waals surface area contributed by atoms with E-state index in [9.17, 15) is 10.1 Å². The second-order valence-corrected chi connectivity index (χ2v) is 9.30. The Hall–Kier alpha value is -3.40. The van der Waals surface area contributed by atoms with Gasteiger partial charge in [0, 0.05) is 43.0 Å². The van der Waals surface area contributed by atoms with Crippen LogP contribution in [-0.2, 0) is 0 Å². The van der Waals surface area contributed by atoms with E-state index in [4.69, 9.17) is 10.1 Å².